The fourth-order valence-electron chi connectivity index (χ4n) is 4.64. The van der Waals surface area contributed by atoms with Crippen molar-refractivity contribution < 1.29 is 9.53 Å². The standard InChI is InChI=1S/C27H29Cl4N4O2P/c1-5-33(6-2)18-13-15-25-24(17-18)37-27(36)35(19-12-14-20(28)23(31)16-19)38(25,34(7-3)8-4)32-26-21(29)10-9-11-22(26)30/h9-17H,5-8H2,1-4H3. The fourth-order valence-corrected chi connectivity index (χ4v) is 9.31. The Kier molecular flexibility index (Phi) is 9.24. The molecule has 1 heterocycles. The SMILES string of the molecule is CCN(CC)c1ccc2c(c1)OC(=O)N(c1ccc(Cl)c(Cl)c1)P2(=Nc1c(Cl)cccc1Cl)N(CC)CC. The third kappa shape index (κ3) is 5.15. The minimum atomic E-state index is -3.13. The van der Waals surface area contributed by atoms with Crippen molar-refractivity contribution >= 4 is 82.2 Å². The normalized spacial score (nSPS) is 16.9. The van der Waals surface area contributed by atoms with Gasteiger partial charge in [-0.05, 0) is 56.3 Å². The Morgan fingerprint density at radius 2 is 1.47 bits per heavy atom. The predicted molar refractivity (Wildman–Crippen MR) is 163 cm³/mol. The van der Waals surface area contributed by atoms with Crippen LogP contribution in [-0.4, -0.2) is 36.9 Å². The Balaban J connectivity index is 2.16. The van der Waals surface area contributed by atoms with E-state index in [0.717, 1.165) is 24.1 Å². The first kappa shape index (κ1) is 29.1. The van der Waals surface area contributed by atoms with E-state index in [2.05, 4.69) is 23.4 Å². The minimum absolute atomic E-state index is 0.313. The molecule has 3 aromatic rings. The Hall–Kier alpha value is -1.92. The Bertz CT molecular complexity index is 1390. The molecule has 0 saturated heterocycles. The highest BCUT2D eigenvalue weighted by atomic mass is 35.5. The van der Waals surface area contributed by atoms with Crippen LogP contribution in [0.3, 0.4) is 0 Å². The summed E-state index contributed by atoms with van der Waals surface area (Å²) in [4.78, 5) is 16.2. The van der Waals surface area contributed by atoms with Gasteiger partial charge in [0.25, 0.3) is 0 Å². The van der Waals surface area contributed by atoms with E-state index in [0.29, 0.717) is 50.3 Å². The van der Waals surface area contributed by atoms with Crippen LogP contribution >= 0.6 is 53.8 Å². The van der Waals surface area contributed by atoms with Crippen molar-refractivity contribution in [2.75, 3.05) is 35.7 Å². The van der Waals surface area contributed by atoms with Crippen molar-refractivity contribution in [3.05, 3.63) is 74.7 Å². The van der Waals surface area contributed by atoms with Crippen molar-refractivity contribution in [3.8, 4) is 5.75 Å². The highest BCUT2D eigenvalue weighted by Gasteiger charge is 2.47. The Morgan fingerprint density at radius 1 is 0.816 bits per heavy atom. The van der Waals surface area contributed by atoms with Crippen LogP contribution in [0.2, 0.25) is 20.1 Å². The van der Waals surface area contributed by atoms with Gasteiger partial charge < -0.3 is 9.64 Å². The molecule has 0 bridgehead atoms. The molecule has 0 fully saturated rings. The summed E-state index contributed by atoms with van der Waals surface area (Å²) in [7, 11) is -3.13. The number of benzene rings is 3. The first-order valence-electron chi connectivity index (χ1n) is 12.4. The largest absolute Gasteiger partial charge is 0.425 e. The van der Waals surface area contributed by atoms with Gasteiger partial charge >= 0.3 is 6.09 Å². The van der Waals surface area contributed by atoms with Crippen LogP contribution in [0.1, 0.15) is 27.7 Å². The molecule has 0 spiro atoms. The molecule has 6 nitrogen and oxygen atoms in total. The lowest BCUT2D eigenvalue weighted by Gasteiger charge is -2.46. The molecule has 0 aromatic heterocycles. The van der Waals surface area contributed by atoms with Gasteiger partial charge in [0.2, 0.25) is 0 Å². The van der Waals surface area contributed by atoms with Gasteiger partial charge in [-0.1, -0.05) is 66.3 Å². The summed E-state index contributed by atoms with van der Waals surface area (Å²) in [6.45, 7) is 11.1. The first-order chi connectivity index (χ1) is 18.2. The number of halogens is 4. The van der Waals surface area contributed by atoms with Gasteiger partial charge in [0.15, 0.2) is 7.36 Å². The van der Waals surface area contributed by atoms with Crippen LogP contribution in [0.5, 0.6) is 5.75 Å². The summed E-state index contributed by atoms with van der Waals surface area (Å²) < 4.78 is 15.1. The molecule has 1 aliphatic rings. The zero-order chi connectivity index (χ0) is 27.6. The Morgan fingerprint density at radius 3 is 2.05 bits per heavy atom. The van der Waals surface area contributed by atoms with Gasteiger partial charge in [-0.15, -0.1) is 0 Å². The van der Waals surface area contributed by atoms with Gasteiger partial charge in [0, 0.05) is 37.9 Å². The molecule has 1 amide bonds. The number of rotatable bonds is 8. The maximum absolute atomic E-state index is 14.0. The molecular weight excluding hydrogens is 585 g/mol. The second-order valence-corrected chi connectivity index (χ2v) is 12.9. The van der Waals surface area contributed by atoms with Gasteiger partial charge in [-0.25, -0.2) is 18.9 Å². The molecule has 3 aromatic carbocycles. The summed E-state index contributed by atoms with van der Waals surface area (Å²) in [6, 6.07) is 16.2. The van der Waals surface area contributed by atoms with Crippen LogP contribution in [0.25, 0.3) is 0 Å². The quantitative estimate of drug-likeness (QED) is 0.237. The maximum atomic E-state index is 14.0. The van der Waals surface area contributed by atoms with Crippen LogP contribution in [0, 0.1) is 0 Å². The number of hydrogen-bond donors (Lipinski definition) is 0. The molecule has 11 heteroatoms. The summed E-state index contributed by atoms with van der Waals surface area (Å²) in [5, 5.41) is 2.24. The molecule has 1 unspecified atom stereocenters. The lowest BCUT2D eigenvalue weighted by Crippen LogP contribution is -2.46. The molecule has 0 saturated carbocycles. The van der Waals surface area contributed by atoms with Crippen LogP contribution in [-0.2, 0) is 0 Å². The van der Waals surface area contributed by atoms with E-state index in [-0.39, 0.29) is 0 Å². The highest BCUT2D eigenvalue weighted by Crippen LogP contribution is 2.63. The number of carbonyl (C=O) groups is 1. The fraction of sp³-hybridized carbons (Fsp3) is 0.296. The van der Waals surface area contributed by atoms with Crippen molar-refractivity contribution in [2.24, 2.45) is 4.74 Å². The van der Waals surface area contributed by atoms with Gasteiger partial charge in [0.05, 0.1) is 31.1 Å². The van der Waals surface area contributed by atoms with Crippen LogP contribution in [0.4, 0.5) is 21.9 Å². The van der Waals surface area contributed by atoms with Crippen molar-refractivity contribution in [3.63, 3.8) is 0 Å². The third-order valence-electron chi connectivity index (χ3n) is 6.49. The van der Waals surface area contributed by atoms with E-state index in [1.165, 1.54) is 0 Å². The third-order valence-corrected chi connectivity index (χ3v) is 11.6. The zero-order valence-corrected chi connectivity index (χ0v) is 25.5. The first-order valence-corrected chi connectivity index (χ1v) is 15.6. The number of ether oxygens (including phenoxy) is 1. The molecule has 38 heavy (non-hydrogen) atoms. The molecule has 0 N–H and O–H groups in total. The number of anilines is 2. The molecule has 0 radical (unpaired) electrons. The molecule has 0 aliphatic carbocycles. The lowest BCUT2D eigenvalue weighted by atomic mass is 10.2. The monoisotopic (exact) mass is 612 g/mol. The molecular formula is C27H29Cl4N4O2P. The number of hydrogen-bond acceptors (Lipinski definition) is 4. The van der Waals surface area contributed by atoms with E-state index in [1.54, 1.807) is 41.1 Å². The number of nitrogens with zero attached hydrogens (tertiary/aromatic N) is 4. The van der Waals surface area contributed by atoms with Gasteiger partial charge in [-0.3, -0.25) is 0 Å². The van der Waals surface area contributed by atoms with Gasteiger partial charge in [-0.2, -0.15) is 0 Å². The van der Waals surface area contributed by atoms with E-state index < -0.39 is 13.4 Å². The maximum Gasteiger partial charge on any atom is 0.425 e. The van der Waals surface area contributed by atoms with Crippen molar-refractivity contribution in [1.82, 2.24) is 4.67 Å². The van der Waals surface area contributed by atoms with E-state index in [1.807, 2.05) is 32.0 Å². The van der Waals surface area contributed by atoms with E-state index in [9.17, 15) is 4.79 Å². The number of fused-ring (bicyclic) bond motifs is 1. The average molecular weight is 614 g/mol. The van der Waals surface area contributed by atoms with Crippen molar-refractivity contribution in [2.45, 2.75) is 27.7 Å². The number of amides is 1. The van der Waals surface area contributed by atoms with Gasteiger partial charge in [0.1, 0.15) is 11.4 Å². The highest BCUT2D eigenvalue weighted by molar-refractivity contribution is 7.74. The van der Waals surface area contributed by atoms with E-state index in [4.69, 9.17) is 55.9 Å². The molecule has 4 rings (SSSR count). The van der Waals surface area contributed by atoms with E-state index >= 15 is 0 Å². The molecule has 202 valence electrons. The lowest BCUT2D eigenvalue weighted by molar-refractivity contribution is 0.210. The summed E-state index contributed by atoms with van der Waals surface area (Å²) in [6.07, 6.45) is -0.570. The van der Waals surface area contributed by atoms with Crippen molar-refractivity contribution in [1.29, 1.82) is 0 Å². The summed E-state index contributed by atoms with van der Waals surface area (Å²) in [5.41, 5.74) is 1.88. The smallest absolute Gasteiger partial charge is 0.409 e. The summed E-state index contributed by atoms with van der Waals surface area (Å²) in [5.74, 6) is 0.461. The Labute approximate surface area is 244 Å². The minimum Gasteiger partial charge on any atom is -0.409 e. The van der Waals surface area contributed by atoms with Crippen LogP contribution < -0.4 is 19.6 Å². The number of carbonyl (C=O) groups excluding carboxylic acids is 1. The van der Waals surface area contributed by atoms with Crippen LogP contribution in [0.15, 0.2) is 59.3 Å². The second-order valence-electron chi connectivity index (χ2n) is 8.48. The summed E-state index contributed by atoms with van der Waals surface area (Å²) >= 11 is 26.0. The predicted octanol–water partition coefficient (Wildman–Crippen LogP) is 9.50. The zero-order valence-electron chi connectivity index (χ0n) is 21.6. The second kappa shape index (κ2) is 12.1. The average Bonchev–Trinajstić information content (AvgIpc) is 2.89. The molecule has 1 atom stereocenters. The topological polar surface area (TPSA) is 48.4 Å². The molecule has 1 aliphatic heterocycles.